The number of nitrogen functional groups attached to an aromatic ring is 1. The summed E-state index contributed by atoms with van der Waals surface area (Å²) in [6.45, 7) is 0. The average molecular weight is 218 g/mol. The molecular formula is C9H9F3N2O. The Kier molecular flexibility index (Phi) is 2.21. The molecule has 82 valence electrons. The number of halogens is 3. The summed E-state index contributed by atoms with van der Waals surface area (Å²) in [5, 5.41) is 0. The molecule has 0 aromatic carbocycles. The van der Waals surface area contributed by atoms with Crippen LogP contribution in [-0.2, 0) is 6.18 Å². The molecule has 0 saturated heterocycles. The molecule has 0 atom stereocenters. The van der Waals surface area contributed by atoms with Crippen LogP contribution in [0.15, 0.2) is 12.3 Å². The van der Waals surface area contributed by atoms with Gasteiger partial charge in [-0.15, -0.1) is 0 Å². The van der Waals surface area contributed by atoms with Gasteiger partial charge in [-0.1, -0.05) is 0 Å². The number of ether oxygens (including phenoxy) is 1. The quantitative estimate of drug-likeness (QED) is 0.827. The molecule has 1 heterocycles. The van der Waals surface area contributed by atoms with E-state index in [2.05, 4.69) is 4.98 Å². The molecule has 1 fully saturated rings. The number of pyridine rings is 1. The van der Waals surface area contributed by atoms with E-state index in [1.54, 1.807) is 0 Å². The van der Waals surface area contributed by atoms with E-state index < -0.39 is 11.9 Å². The van der Waals surface area contributed by atoms with E-state index in [-0.39, 0.29) is 17.5 Å². The van der Waals surface area contributed by atoms with Crippen LogP contribution >= 0.6 is 0 Å². The van der Waals surface area contributed by atoms with Crippen LogP contribution in [0.2, 0.25) is 0 Å². The number of anilines is 1. The van der Waals surface area contributed by atoms with Crippen LogP contribution in [0.5, 0.6) is 5.75 Å². The highest BCUT2D eigenvalue weighted by molar-refractivity contribution is 5.51. The van der Waals surface area contributed by atoms with Crippen molar-refractivity contribution in [2.45, 2.75) is 25.1 Å². The first kappa shape index (κ1) is 10.1. The van der Waals surface area contributed by atoms with Crippen LogP contribution in [0.1, 0.15) is 18.5 Å². The number of rotatable bonds is 2. The Morgan fingerprint density at radius 3 is 2.60 bits per heavy atom. The van der Waals surface area contributed by atoms with Gasteiger partial charge in [0.2, 0.25) is 0 Å². The van der Waals surface area contributed by atoms with Crippen LogP contribution < -0.4 is 10.5 Å². The van der Waals surface area contributed by atoms with Gasteiger partial charge in [-0.05, 0) is 12.8 Å². The van der Waals surface area contributed by atoms with Crippen molar-refractivity contribution in [3.8, 4) is 5.75 Å². The zero-order valence-corrected chi connectivity index (χ0v) is 7.71. The SMILES string of the molecule is Nc1cnc(C(F)(F)F)cc1OC1CC1. The monoisotopic (exact) mass is 218 g/mol. The molecule has 0 aliphatic heterocycles. The number of alkyl halides is 3. The zero-order chi connectivity index (χ0) is 11.1. The Hall–Kier alpha value is -1.46. The third-order valence-corrected chi connectivity index (χ3v) is 2.00. The standard InChI is InChI=1S/C9H9F3N2O/c10-9(11,12)8-3-7(6(13)4-14-8)15-5-1-2-5/h3-5H,1-2,13H2. The molecule has 1 aliphatic carbocycles. The molecule has 1 saturated carbocycles. The summed E-state index contributed by atoms with van der Waals surface area (Å²) in [5.41, 5.74) is 4.61. The highest BCUT2D eigenvalue weighted by Gasteiger charge is 2.34. The first-order valence-electron chi connectivity index (χ1n) is 4.46. The minimum Gasteiger partial charge on any atom is -0.488 e. The molecule has 15 heavy (non-hydrogen) atoms. The van der Waals surface area contributed by atoms with Crippen LogP contribution in [-0.4, -0.2) is 11.1 Å². The lowest BCUT2D eigenvalue weighted by Gasteiger charge is -2.10. The van der Waals surface area contributed by atoms with E-state index >= 15 is 0 Å². The molecule has 2 N–H and O–H groups in total. The minimum absolute atomic E-state index is 0.00998. The summed E-state index contributed by atoms with van der Waals surface area (Å²) in [7, 11) is 0. The van der Waals surface area contributed by atoms with Crippen molar-refractivity contribution in [3.63, 3.8) is 0 Å². The molecule has 1 aromatic rings. The second-order valence-corrected chi connectivity index (χ2v) is 3.42. The van der Waals surface area contributed by atoms with Crippen molar-refractivity contribution in [2.75, 3.05) is 5.73 Å². The molecule has 0 unspecified atom stereocenters. The van der Waals surface area contributed by atoms with Crippen LogP contribution in [0, 0.1) is 0 Å². The molecule has 6 heteroatoms. The first-order valence-corrected chi connectivity index (χ1v) is 4.46. The Balaban J connectivity index is 2.27. The number of nitrogens with two attached hydrogens (primary N) is 1. The van der Waals surface area contributed by atoms with E-state index in [9.17, 15) is 13.2 Å². The van der Waals surface area contributed by atoms with E-state index in [4.69, 9.17) is 10.5 Å². The summed E-state index contributed by atoms with van der Waals surface area (Å²) in [6.07, 6.45) is -1.75. The Labute approximate surface area is 84.1 Å². The largest absolute Gasteiger partial charge is 0.488 e. The highest BCUT2D eigenvalue weighted by Crippen LogP contribution is 2.35. The molecule has 1 aromatic heterocycles. The van der Waals surface area contributed by atoms with Gasteiger partial charge in [-0.25, -0.2) is 4.98 Å². The first-order chi connectivity index (χ1) is 6.97. The van der Waals surface area contributed by atoms with Gasteiger partial charge in [0.25, 0.3) is 0 Å². The van der Waals surface area contributed by atoms with Gasteiger partial charge in [0, 0.05) is 6.07 Å². The smallest absolute Gasteiger partial charge is 0.433 e. The van der Waals surface area contributed by atoms with Gasteiger partial charge < -0.3 is 10.5 Å². The second kappa shape index (κ2) is 3.29. The Bertz CT molecular complexity index is 374. The normalized spacial score (nSPS) is 16.5. The average Bonchev–Trinajstić information content (AvgIpc) is 2.90. The number of hydrogen-bond acceptors (Lipinski definition) is 3. The summed E-state index contributed by atoms with van der Waals surface area (Å²) in [4.78, 5) is 3.21. The summed E-state index contributed by atoms with van der Waals surface area (Å²) >= 11 is 0. The predicted molar refractivity (Wildman–Crippen MR) is 47.3 cm³/mol. The summed E-state index contributed by atoms with van der Waals surface area (Å²) < 4.78 is 42.1. The zero-order valence-electron chi connectivity index (χ0n) is 7.71. The maximum atomic E-state index is 12.3. The molecular weight excluding hydrogens is 209 g/mol. The maximum absolute atomic E-state index is 12.3. The van der Waals surface area contributed by atoms with Gasteiger partial charge in [-0.2, -0.15) is 13.2 Å². The molecule has 3 nitrogen and oxygen atoms in total. The highest BCUT2D eigenvalue weighted by atomic mass is 19.4. The van der Waals surface area contributed by atoms with Crippen LogP contribution in [0.3, 0.4) is 0 Å². The third kappa shape index (κ3) is 2.31. The molecule has 1 aliphatic rings. The fourth-order valence-electron chi connectivity index (χ4n) is 1.07. The van der Waals surface area contributed by atoms with E-state index in [1.165, 1.54) is 0 Å². The van der Waals surface area contributed by atoms with Gasteiger partial charge in [0.1, 0.15) is 11.4 Å². The van der Waals surface area contributed by atoms with Gasteiger partial charge in [-0.3, -0.25) is 0 Å². The fraction of sp³-hybridized carbons (Fsp3) is 0.444. The van der Waals surface area contributed by atoms with E-state index in [0.29, 0.717) is 0 Å². The van der Waals surface area contributed by atoms with Crippen molar-refractivity contribution >= 4 is 5.69 Å². The second-order valence-electron chi connectivity index (χ2n) is 3.42. The fourth-order valence-corrected chi connectivity index (χ4v) is 1.07. The third-order valence-electron chi connectivity index (χ3n) is 2.00. The van der Waals surface area contributed by atoms with Crippen LogP contribution in [0.25, 0.3) is 0 Å². The number of nitrogens with zero attached hydrogens (tertiary/aromatic N) is 1. The lowest BCUT2D eigenvalue weighted by atomic mass is 10.3. The minimum atomic E-state index is -4.46. The summed E-state index contributed by atoms with van der Waals surface area (Å²) in [5.74, 6) is 0.0693. The van der Waals surface area contributed by atoms with E-state index in [1.807, 2.05) is 0 Å². The molecule has 0 bridgehead atoms. The van der Waals surface area contributed by atoms with Crippen molar-refractivity contribution in [1.29, 1.82) is 0 Å². The maximum Gasteiger partial charge on any atom is 0.433 e. The predicted octanol–water partition coefficient (Wildman–Crippen LogP) is 2.22. The van der Waals surface area contributed by atoms with E-state index in [0.717, 1.165) is 25.1 Å². The number of hydrogen-bond donors (Lipinski definition) is 1. The van der Waals surface area contributed by atoms with Crippen molar-refractivity contribution in [1.82, 2.24) is 4.98 Å². The molecule has 0 spiro atoms. The lowest BCUT2D eigenvalue weighted by Crippen LogP contribution is -2.10. The summed E-state index contributed by atoms with van der Waals surface area (Å²) in [6, 6.07) is 0.841. The Morgan fingerprint density at radius 1 is 1.40 bits per heavy atom. The van der Waals surface area contributed by atoms with Crippen molar-refractivity contribution < 1.29 is 17.9 Å². The van der Waals surface area contributed by atoms with Crippen LogP contribution in [0.4, 0.5) is 18.9 Å². The van der Waals surface area contributed by atoms with Gasteiger partial charge >= 0.3 is 6.18 Å². The molecule has 0 radical (unpaired) electrons. The molecule has 2 rings (SSSR count). The topological polar surface area (TPSA) is 48.1 Å². The van der Waals surface area contributed by atoms with Gasteiger partial charge in [0.05, 0.1) is 18.0 Å². The molecule has 0 amide bonds. The van der Waals surface area contributed by atoms with Crippen molar-refractivity contribution in [2.24, 2.45) is 0 Å². The van der Waals surface area contributed by atoms with Crippen molar-refractivity contribution in [3.05, 3.63) is 18.0 Å². The van der Waals surface area contributed by atoms with Gasteiger partial charge in [0.15, 0.2) is 0 Å². The lowest BCUT2D eigenvalue weighted by molar-refractivity contribution is -0.141. The Morgan fingerprint density at radius 2 is 2.07 bits per heavy atom. The number of aromatic nitrogens is 1.